The zero-order valence-corrected chi connectivity index (χ0v) is 15.4. The molecule has 0 aliphatic rings. The molecule has 0 aliphatic carbocycles. The highest BCUT2D eigenvalue weighted by Crippen LogP contribution is 2.22. The van der Waals surface area contributed by atoms with Gasteiger partial charge in [-0.2, -0.15) is 0 Å². The van der Waals surface area contributed by atoms with E-state index in [0.717, 1.165) is 31.1 Å². The molecule has 130 valence electrons. The lowest BCUT2D eigenvalue weighted by Gasteiger charge is -2.21. The summed E-state index contributed by atoms with van der Waals surface area (Å²) in [6, 6.07) is 0. The fourth-order valence-electron chi connectivity index (χ4n) is 2.20. The number of nitrogens with zero attached hydrogens (tertiary/aromatic N) is 3. The summed E-state index contributed by atoms with van der Waals surface area (Å²) in [5.74, 6) is 2.46. The normalized spacial score (nSPS) is 12.3. The standard InChI is InChI=1S/C18H32N4O/c1-7-8-9-10-11-12-22(6)17(19-5)21-14-16-20-13-15(23-16)18(2,3)4/h7,13H,1,8-12,14H2,2-6H3,(H,19,21). The molecule has 1 N–H and O–H groups in total. The van der Waals surface area contributed by atoms with Gasteiger partial charge in [0.25, 0.3) is 0 Å². The van der Waals surface area contributed by atoms with Gasteiger partial charge in [0.15, 0.2) is 5.96 Å². The monoisotopic (exact) mass is 320 g/mol. The molecular formula is C18H32N4O. The second-order valence-electron chi connectivity index (χ2n) is 6.83. The number of hydrogen-bond donors (Lipinski definition) is 1. The summed E-state index contributed by atoms with van der Waals surface area (Å²) in [5.41, 5.74) is -0.0187. The largest absolute Gasteiger partial charge is 0.443 e. The maximum atomic E-state index is 5.79. The van der Waals surface area contributed by atoms with E-state index in [2.05, 4.69) is 54.6 Å². The minimum Gasteiger partial charge on any atom is -0.443 e. The van der Waals surface area contributed by atoms with Gasteiger partial charge < -0.3 is 14.6 Å². The summed E-state index contributed by atoms with van der Waals surface area (Å²) in [7, 11) is 3.85. The summed E-state index contributed by atoms with van der Waals surface area (Å²) in [5, 5.41) is 3.31. The lowest BCUT2D eigenvalue weighted by Crippen LogP contribution is -2.39. The van der Waals surface area contributed by atoms with Gasteiger partial charge in [0.05, 0.1) is 12.7 Å². The van der Waals surface area contributed by atoms with E-state index in [-0.39, 0.29) is 5.41 Å². The van der Waals surface area contributed by atoms with Crippen molar-refractivity contribution < 1.29 is 4.42 Å². The van der Waals surface area contributed by atoms with Crippen molar-refractivity contribution in [2.45, 2.75) is 58.4 Å². The topological polar surface area (TPSA) is 53.7 Å². The number of hydrogen-bond acceptors (Lipinski definition) is 3. The second kappa shape index (κ2) is 9.38. The number of guanidine groups is 1. The van der Waals surface area contributed by atoms with Gasteiger partial charge in [0.2, 0.25) is 5.89 Å². The Kier molecular flexibility index (Phi) is 7.86. The van der Waals surface area contributed by atoms with Gasteiger partial charge in [-0.05, 0) is 19.3 Å². The predicted molar refractivity (Wildman–Crippen MR) is 96.7 cm³/mol. The van der Waals surface area contributed by atoms with E-state index >= 15 is 0 Å². The Bertz CT molecular complexity index is 499. The van der Waals surface area contributed by atoms with Crippen LogP contribution in [-0.4, -0.2) is 36.5 Å². The Morgan fingerprint density at radius 2 is 2.13 bits per heavy atom. The molecule has 5 nitrogen and oxygen atoms in total. The van der Waals surface area contributed by atoms with Crippen molar-refractivity contribution in [1.29, 1.82) is 0 Å². The summed E-state index contributed by atoms with van der Waals surface area (Å²) < 4.78 is 5.79. The number of oxazole rings is 1. The molecule has 1 heterocycles. The first-order valence-electron chi connectivity index (χ1n) is 8.36. The van der Waals surface area contributed by atoms with Crippen LogP contribution in [0.3, 0.4) is 0 Å². The van der Waals surface area contributed by atoms with Crippen molar-refractivity contribution in [3.05, 3.63) is 30.5 Å². The van der Waals surface area contributed by atoms with Crippen LogP contribution in [0.15, 0.2) is 28.3 Å². The number of aromatic nitrogens is 1. The molecule has 0 spiro atoms. The highest BCUT2D eigenvalue weighted by molar-refractivity contribution is 5.79. The van der Waals surface area contributed by atoms with Crippen LogP contribution >= 0.6 is 0 Å². The third kappa shape index (κ3) is 6.89. The predicted octanol–water partition coefficient (Wildman–Crippen LogP) is 3.73. The second-order valence-corrected chi connectivity index (χ2v) is 6.83. The zero-order chi connectivity index (χ0) is 17.3. The molecule has 0 unspecified atom stereocenters. The highest BCUT2D eigenvalue weighted by Gasteiger charge is 2.19. The third-order valence-electron chi connectivity index (χ3n) is 3.67. The molecule has 0 aliphatic heterocycles. The number of allylic oxidation sites excluding steroid dienone is 1. The molecular weight excluding hydrogens is 288 g/mol. The van der Waals surface area contributed by atoms with Crippen LogP contribution < -0.4 is 5.32 Å². The van der Waals surface area contributed by atoms with Crippen LogP contribution in [0.5, 0.6) is 0 Å². The Morgan fingerprint density at radius 3 is 2.70 bits per heavy atom. The number of nitrogens with one attached hydrogen (secondary N) is 1. The quantitative estimate of drug-likeness (QED) is 0.343. The van der Waals surface area contributed by atoms with E-state index in [1.807, 2.05) is 12.3 Å². The van der Waals surface area contributed by atoms with Gasteiger partial charge in [-0.25, -0.2) is 4.98 Å². The Balaban J connectivity index is 2.41. The first-order chi connectivity index (χ1) is 10.9. The average Bonchev–Trinajstić information content (AvgIpc) is 2.96. The van der Waals surface area contributed by atoms with E-state index in [1.54, 1.807) is 7.05 Å². The van der Waals surface area contributed by atoms with Gasteiger partial charge in [-0.15, -0.1) is 6.58 Å². The zero-order valence-electron chi connectivity index (χ0n) is 15.4. The SMILES string of the molecule is C=CCCCCCN(C)C(=NC)NCc1ncc(C(C)(C)C)o1. The molecule has 1 rings (SSSR count). The molecule has 0 saturated carbocycles. The number of aliphatic imine (C=N–C) groups is 1. The molecule has 1 aromatic rings. The van der Waals surface area contributed by atoms with E-state index in [0.29, 0.717) is 12.4 Å². The van der Waals surface area contributed by atoms with Crippen LogP contribution in [0.2, 0.25) is 0 Å². The summed E-state index contributed by atoms with van der Waals surface area (Å²) in [6.07, 6.45) is 8.45. The van der Waals surface area contributed by atoms with Crippen molar-refractivity contribution in [1.82, 2.24) is 15.2 Å². The third-order valence-corrected chi connectivity index (χ3v) is 3.67. The minimum absolute atomic E-state index is 0.0187. The average molecular weight is 320 g/mol. The van der Waals surface area contributed by atoms with Gasteiger partial charge in [0, 0.05) is 26.1 Å². The van der Waals surface area contributed by atoms with Crippen molar-refractivity contribution in [3.63, 3.8) is 0 Å². The fourth-order valence-corrected chi connectivity index (χ4v) is 2.20. The van der Waals surface area contributed by atoms with Crippen molar-refractivity contribution in [2.75, 3.05) is 20.6 Å². The molecule has 0 radical (unpaired) electrons. The fraction of sp³-hybridized carbons (Fsp3) is 0.667. The van der Waals surface area contributed by atoms with Crippen molar-refractivity contribution in [2.24, 2.45) is 4.99 Å². The maximum Gasteiger partial charge on any atom is 0.213 e. The maximum absolute atomic E-state index is 5.79. The van der Waals surface area contributed by atoms with E-state index in [1.165, 1.54) is 12.8 Å². The van der Waals surface area contributed by atoms with Crippen molar-refractivity contribution in [3.8, 4) is 0 Å². The molecule has 1 aromatic heterocycles. The van der Waals surface area contributed by atoms with Gasteiger partial charge in [0.1, 0.15) is 5.76 Å². The summed E-state index contributed by atoms with van der Waals surface area (Å²) >= 11 is 0. The summed E-state index contributed by atoms with van der Waals surface area (Å²) in [4.78, 5) is 10.8. The molecule has 0 bridgehead atoms. The Hall–Kier alpha value is -1.78. The molecule has 0 saturated heterocycles. The minimum atomic E-state index is -0.0187. The van der Waals surface area contributed by atoms with E-state index in [4.69, 9.17) is 4.42 Å². The Morgan fingerprint density at radius 1 is 1.39 bits per heavy atom. The van der Waals surface area contributed by atoms with Crippen LogP contribution in [0.4, 0.5) is 0 Å². The van der Waals surface area contributed by atoms with E-state index in [9.17, 15) is 0 Å². The van der Waals surface area contributed by atoms with E-state index < -0.39 is 0 Å². The van der Waals surface area contributed by atoms with Gasteiger partial charge >= 0.3 is 0 Å². The molecule has 0 aromatic carbocycles. The first kappa shape index (κ1) is 19.3. The lowest BCUT2D eigenvalue weighted by molar-refractivity contribution is 0.376. The molecule has 0 amide bonds. The van der Waals surface area contributed by atoms with Gasteiger partial charge in [-0.1, -0.05) is 33.3 Å². The number of rotatable bonds is 8. The highest BCUT2D eigenvalue weighted by atomic mass is 16.4. The van der Waals surface area contributed by atoms with Crippen LogP contribution in [0, 0.1) is 0 Å². The molecule has 0 atom stereocenters. The molecule has 23 heavy (non-hydrogen) atoms. The van der Waals surface area contributed by atoms with Crippen LogP contribution in [-0.2, 0) is 12.0 Å². The molecule has 0 fully saturated rings. The van der Waals surface area contributed by atoms with Crippen LogP contribution in [0.25, 0.3) is 0 Å². The Labute approximate surface area is 140 Å². The first-order valence-corrected chi connectivity index (χ1v) is 8.36. The summed E-state index contributed by atoms with van der Waals surface area (Å²) in [6.45, 7) is 11.6. The van der Waals surface area contributed by atoms with Crippen LogP contribution in [0.1, 0.15) is 58.1 Å². The smallest absolute Gasteiger partial charge is 0.213 e. The van der Waals surface area contributed by atoms with Crippen molar-refractivity contribution >= 4 is 5.96 Å². The van der Waals surface area contributed by atoms with Gasteiger partial charge in [-0.3, -0.25) is 4.99 Å². The molecule has 5 heteroatoms. The number of unbranched alkanes of at least 4 members (excludes halogenated alkanes) is 3. The lowest BCUT2D eigenvalue weighted by atomic mass is 9.94.